The Morgan fingerprint density at radius 3 is 2.23 bits per heavy atom. The predicted molar refractivity (Wildman–Crippen MR) is 111 cm³/mol. The Balaban J connectivity index is 1.70. The molecule has 3 aromatic rings. The zero-order valence-corrected chi connectivity index (χ0v) is 16.5. The molecule has 0 aliphatic rings. The summed E-state index contributed by atoms with van der Waals surface area (Å²) in [6.45, 7) is -0.119. The van der Waals surface area contributed by atoms with Gasteiger partial charge in [-0.3, -0.25) is 4.79 Å². The average molecular weight is 407 g/mol. The van der Waals surface area contributed by atoms with Gasteiger partial charge in [-0.05, 0) is 35.4 Å². The predicted octanol–water partition coefficient (Wildman–Crippen LogP) is 3.92. The number of rotatable bonds is 8. The molecule has 3 aromatic carbocycles. The molecule has 1 amide bonds. The third kappa shape index (κ3) is 5.67. The van der Waals surface area contributed by atoms with Crippen molar-refractivity contribution in [1.82, 2.24) is 5.32 Å². The van der Waals surface area contributed by atoms with Gasteiger partial charge in [-0.2, -0.15) is 0 Å². The SMILES string of the molecule is COc1ccc(COC(=O)C(Cc2ccccc2)NC(=O)c2ccccc2)cc1F. The number of esters is 1. The van der Waals surface area contributed by atoms with Gasteiger partial charge in [0.25, 0.3) is 5.91 Å². The van der Waals surface area contributed by atoms with Gasteiger partial charge in [0.1, 0.15) is 12.6 Å². The van der Waals surface area contributed by atoms with Crippen molar-refractivity contribution < 1.29 is 23.5 Å². The van der Waals surface area contributed by atoms with Crippen LogP contribution in [0.25, 0.3) is 0 Å². The standard InChI is InChI=1S/C24H22FNO4/c1-29-22-13-12-18(14-20(22)25)16-30-24(28)21(15-17-8-4-2-5-9-17)26-23(27)19-10-6-3-7-11-19/h2-14,21H,15-16H2,1H3,(H,26,27). The fourth-order valence-corrected chi connectivity index (χ4v) is 2.93. The van der Waals surface area contributed by atoms with Crippen molar-refractivity contribution in [2.24, 2.45) is 0 Å². The minimum atomic E-state index is -0.886. The van der Waals surface area contributed by atoms with Gasteiger partial charge in [0, 0.05) is 12.0 Å². The van der Waals surface area contributed by atoms with Crippen molar-refractivity contribution in [3.05, 3.63) is 101 Å². The first kappa shape index (κ1) is 21.0. The molecule has 6 heteroatoms. The maximum absolute atomic E-state index is 13.9. The molecule has 0 spiro atoms. The first-order valence-corrected chi connectivity index (χ1v) is 9.45. The van der Waals surface area contributed by atoms with E-state index in [1.807, 2.05) is 30.3 Å². The van der Waals surface area contributed by atoms with Crippen LogP contribution in [0, 0.1) is 5.82 Å². The van der Waals surface area contributed by atoms with Crippen molar-refractivity contribution in [2.75, 3.05) is 7.11 Å². The van der Waals surface area contributed by atoms with Crippen molar-refractivity contribution in [3.63, 3.8) is 0 Å². The summed E-state index contributed by atoms with van der Waals surface area (Å²) in [6, 6.07) is 21.4. The lowest BCUT2D eigenvalue weighted by molar-refractivity contribution is -0.147. The number of carbonyl (C=O) groups excluding carboxylic acids is 2. The van der Waals surface area contributed by atoms with Gasteiger partial charge in [0.2, 0.25) is 0 Å². The van der Waals surface area contributed by atoms with Gasteiger partial charge in [0.05, 0.1) is 7.11 Å². The van der Waals surface area contributed by atoms with Crippen LogP contribution in [0.3, 0.4) is 0 Å². The van der Waals surface area contributed by atoms with Crippen LogP contribution in [0.1, 0.15) is 21.5 Å². The Morgan fingerprint density at radius 1 is 0.933 bits per heavy atom. The number of halogens is 1. The summed E-state index contributed by atoms with van der Waals surface area (Å²) in [5.41, 5.74) is 1.80. The molecule has 1 atom stereocenters. The Kier molecular flexibility index (Phi) is 7.16. The molecule has 0 radical (unpaired) electrons. The highest BCUT2D eigenvalue weighted by atomic mass is 19.1. The van der Waals surface area contributed by atoms with Crippen molar-refractivity contribution >= 4 is 11.9 Å². The second kappa shape index (κ2) is 10.2. The minimum absolute atomic E-state index is 0.113. The Bertz CT molecular complexity index is 993. The molecule has 0 saturated carbocycles. The van der Waals surface area contributed by atoms with Gasteiger partial charge in [-0.1, -0.05) is 54.6 Å². The molecule has 0 bridgehead atoms. The van der Waals surface area contributed by atoms with E-state index in [2.05, 4.69) is 5.32 Å². The highest BCUT2D eigenvalue weighted by Crippen LogP contribution is 2.18. The second-order valence-electron chi connectivity index (χ2n) is 6.66. The molecule has 30 heavy (non-hydrogen) atoms. The molecule has 0 aromatic heterocycles. The summed E-state index contributed by atoms with van der Waals surface area (Å²) >= 11 is 0. The smallest absolute Gasteiger partial charge is 0.329 e. The summed E-state index contributed by atoms with van der Waals surface area (Å²) in [4.78, 5) is 25.3. The molecule has 0 fully saturated rings. The van der Waals surface area contributed by atoms with Crippen molar-refractivity contribution in [3.8, 4) is 5.75 Å². The van der Waals surface area contributed by atoms with Crippen LogP contribution in [-0.2, 0) is 22.6 Å². The number of hydrogen-bond donors (Lipinski definition) is 1. The van der Waals surface area contributed by atoms with Crippen LogP contribution in [0.4, 0.5) is 4.39 Å². The molecule has 0 aliphatic carbocycles. The molecule has 0 heterocycles. The van der Waals surface area contributed by atoms with Gasteiger partial charge < -0.3 is 14.8 Å². The van der Waals surface area contributed by atoms with E-state index in [9.17, 15) is 14.0 Å². The topological polar surface area (TPSA) is 64.6 Å². The summed E-state index contributed by atoms with van der Waals surface area (Å²) < 4.78 is 24.1. The maximum atomic E-state index is 13.9. The first-order chi connectivity index (χ1) is 14.6. The molecule has 154 valence electrons. The van der Waals surface area contributed by atoms with E-state index in [0.29, 0.717) is 11.1 Å². The number of benzene rings is 3. The van der Waals surface area contributed by atoms with E-state index in [0.717, 1.165) is 5.56 Å². The van der Waals surface area contributed by atoms with Crippen LogP contribution >= 0.6 is 0 Å². The molecule has 5 nitrogen and oxygen atoms in total. The van der Waals surface area contributed by atoms with Gasteiger partial charge >= 0.3 is 5.97 Å². The van der Waals surface area contributed by atoms with E-state index in [1.165, 1.54) is 19.2 Å². The summed E-state index contributed by atoms with van der Waals surface area (Å²) in [5.74, 6) is -1.39. The lowest BCUT2D eigenvalue weighted by Crippen LogP contribution is -2.43. The monoisotopic (exact) mass is 407 g/mol. The van der Waals surface area contributed by atoms with Crippen LogP contribution < -0.4 is 10.1 Å². The third-order valence-corrected chi connectivity index (χ3v) is 4.51. The number of ether oxygens (including phenoxy) is 2. The normalized spacial score (nSPS) is 11.4. The molecular weight excluding hydrogens is 385 g/mol. The molecule has 1 N–H and O–H groups in total. The number of hydrogen-bond acceptors (Lipinski definition) is 4. The fraction of sp³-hybridized carbons (Fsp3) is 0.167. The highest BCUT2D eigenvalue weighted by molar-refractivity contribution is 5.96. The van der Waals surface area contributed by atoms with Crippen LogP contribution in [0.15, 0.2) is 78.9 Å². The van der Waals surface area contributed by atoms with E-state index < -0.39 is 17.8 Å². The molecule has 0 aliphatic heterocycles. The summed E-state index contributed by atoms with van der Waals surface area (Å²) in [6.07, 6.45) is 0.273. The number of amides is 1. The number of methoxy groups -OCH3 is 1. The zero-order chi connectivity index (χ0) is 21.3. The average Bonchev–Trinajstić information content (AvgIpc) is 2.78. The van der Waals surface area contributed by atoms with E-state index in [1.54, 1.807) is 36.4 Å². The van der Waals surface area contributed by atoms with Gasteiger partial charge in [-0.15, -0.1) is 0 Å². The van der Waals surface area contributed by atoms with Crippen LogP contribution in [0.5, 0.6) is 5.75 Å². The highest BCUT2D eigenvalue weighted by Gasteiger charge is 2.23. The molecule has 3 rings (SSSR count). The first-order valence-electron chi connectivity index (χ1n) is 9.45. The lowest BCUT2D eigenvalue weighted by Gasteiger charge is -2.18. The van der Waals surface area contributed by atoms with E-state index in [-0.39, 0.29) is 24.7 Å². The van der Waals surface area contributed by atoms with E-state index in [4.69, 9.17) is 9.47 Å². The maximum Gasteiger partial charge on any atom is 0.329 e. The van der Waals surface area contributed by atoms with Crippen molar-refractivity contribution in [2.45, 2.75) is 19.1 Å². The largest absolute Gasteiger partial charge is 0.494 e. The van der Waals surface area contributed by atoms with Crippen LogP contribution in [-0.4, -0.2) is 25.0 Å². The quantitative estimate of drug-likeness (QED) is 0.575. The second-order valence-corrected chi connectivity index (χ2v) is 6.66. The van der Waals surface area contributed by atoms with Crippen molar-refractivity contribution in [1.29, 1.82) is 0 Å². The molecule has 1 unspecified atom stereocenters. The van der Waals surface area contributed by atoms with Crippen LogP contribution in [0.2, 0.25) is 0 Å². The molecular formula is C24H22FNO4. The Morgan fingerprint density at radius 2 is 1.60 bits per heavy atom. The van der Waals surface area contributed by atoms with Gasteiger partial charge in [-0.25, -0.2) is 9.18 Å². The number of carbonyl (C=O) groups is 2. The third-order valence-electron chi connectivity index (χ3n) is 4.51. The Hall–Kier alpha value is -3.67. The Labute approximate surface area is 174 Å². The fourth-order valence-electron chi connectivity index (χ4n) is 2.93. The summed E-state index contributed by atoms with van der Waals surface area (Å²) in [5, 5.41) is 2.74. The zero-order valence-electron chi connectivity index (χ0n) is 16.5. The minimum Gasteiger partial charge on any atom is -0.494 e. The van der Waals surface area contributed by atoms with Gasteiger partial charge in [0.15, 0.2) is 11.6 Å². The van der Waals surface area contributed by atoms with E-state index >= 15 is 0 Å². The lowest BCUT2D eigenvalue weighted by atomic mass is 10.1. The number of nitrogens with one attached hydrogen (secondary N) is 1. The molecule has 0 saturated heterocycles. The summed E-state index contributed by atoms with van der Waals surface area (Å²) in [7, 11) is 1.38.